The Morgan fingerprint density at radius 1 is 1.19 bits per heavy atom. The number of hydrogen-bond donors (Lipinski definition) is 1. The summed E-state index contributed by atoms with van der Waals surface area (Å²) in [5.74, 6) is 0. The van der Waals surface area contributed by atoms with Crippen LogP contribution in [0, 0.1) is 13.8 Å². The van der Waals surface area contributed by atoms with Crippen LogP contribution >= 0.6 is 0 Å². The van der Waals surface area contributed by atoms with Crippen LogP contribution in [0.5, 0.6) is 0 Å². The molecule has 0 spiro atoms. The van der Waals surface area contributed by atoms with Gasteiger partial charge in [-0.1, -0.05) is 18.2 Å². The average Bonchev–Trinajstić information content (AvgIpc) is 2.21. The summed E-state index contributed by atoms with van der Waals surface area (Å²) in [6.45, 7) is 8.95. The van der Waals surface area contributed by atoms with Crippen molar-refractivity contribution in [1.82, 2.24) is 0 Å². The molecule has 1 aromatic rings. The molecular weight excluding hydrogens is 198 g/mol. The van der Waals surface area contributed by atoms with Gasteiger partial charge in [0, 0.05) is 6.04 Å². The molecule has 0 bridgehead atoms. The van der Waals surface area contributed by atoms with Crippen LogP contribution in [-0.4, -0.2) is 18.8 Å². The number of ether oxygens (including phenoxy) is 1. The van der Waals surface area contributed by atoms with Crippen LogP contribution in [0.2, 0.25) is 0 Å². The lowest BCUT2D eigenvalue weighted by molar-refractivity contribution is 0.0684. The van der Waals surface area contributed by atoms with E-state index >= 15 is 0 Å². The Hall–Kier alpha value is -0.860. The minimum Gasteiger partial charge on any atom is -0.377 e. The van der Waals surface area contributed by atoms with Gasteiger partial charge in [-0.3, -0.25) is 0 Å². The summed E-state index contributed by atoms with van der Waals surface area (Å²) < 4.78 is 5.50. The number of hydrogen-bond acceptors (Lipinski definition) is 2. The highest BCUT2D eigenvalue weighted by Crippen LogP contribution is 2.11. The van der Waals surface area contributed by atoms with Crippen molar-refractivity contribution in [3.8, 4) is 0 Å². The molecule has 0 aromatic heterocycles. The van der Waals surface area contributed by atoms with Crippen LogP contribution in [-0.2, 0) is 11.2 Å². The molecule has 1 atom stereocenters. The summed E-state index contributed by atoms with van der Waals surface area (Å²) in [6, 6.07) is 6.60. The van der Waals surface area contributed by atoms with Gasteiger partial charge < -0.3 is 10.5 Å². The molecule has 0 radical (unpaired) electrons. The number of benzene rings is 1. The molecule has 1 rings (SSSR count). The van der Waals surface area contributed by atoms with Crippen molar-refractivity contribution in [2.75, 3.05) is 6.61 Å². The SMILES string of the molecule is Cc1ccc(CC(N)COC(C)C)cc1C. The van der Waals surface area contributed by atoms with Gasteiger partial charge in [0.2, 0.25) is 0 Å². The molecule has 90 valence electrons. The number of aryl methyl sites for hydroxylation is 2. The first-order valence-electron chi connectivity index (χ1n) is 5.92. The Balaban J connectivity index is 2.49. The first kappa shape index (κ1) is 13.2. The zero-order valence-corrected chi connectivity index (χ0v) is 10.8. The minimum atomic E-state index is 0.0875. The molecule has 1 aromatic carbocycles. The molecule has 0 aliphatic carbocycles. The lowest BCUT2D eigenvalue weighted by Gasteiger charge is -2.15. The summed E-state index contributed by atoms with van der Waals surface area (Å²) in [6.07, 6.45) is 1.14. The fraction of sp³-hybridized carbons (Fsp3) is 0.571. The Kier molecular flexibility index (Phi) is 4.97. The third-order valence-electron chi connectivity index (χ3n) is 2.71. The maximum atomic E-state index is 6.02. The third kappa shape index (κ3) is 4.33. The summed E-state index contributed by atoms with van der Waals surface area (Å²) in [5, 5.41) is 0. The Bertz CT molecular complexity index is 334. The molecule has 2 nitrogen and oxygen atoms in total. The maximum absolute atomic E-state index is 6.02. The van der Waals surface area contributed by atoms with Gasteiger partial charge in [0.25, 0.3) is 0 Å². The highest BCUT2D eigenvalue weighted by atomic mass is 16.5. The van der Waals surface area contributed by atoms with Crippen LogP contribution in [0.25, 0.3) is 0 Å². The average molecular weight is 221 g/mol. The lowest BCUT2D eigenvalue weighted by Crippen LogP contribution is -2.30. The summed E-state index contributed by atoms with van der Waals surface area (Å²) in [4.78, 5) is 0. The molecule has 0 saturated heterocycles. The maximum Gasteiger partial charge on any atom is 0.0624 e. The van der Waals surface area contributed by atoms with Gasteiger partial charge in [0.1, 0.15) is 0 Å². The van der Waals surface area contributed by atoms with E-state index in [0.717, 1.165) is 6.42 Å². The van der Waals surface area contributed by atoms with Crippen molar-refractivity contribution in [2.45, 2.75) is 46.3 Å². The fourth-order valence-electron chi connectivity index (χ4n) is 1.61. The fourth-order valence-corrected chi connectivity index (χ4v) is 1.61. The Labute approximate surface area is 98.8 Å². The first-order chi connectivity index (χ1) is 7.49. The second-order valence-electron chi connectivity index (χ2n) is 4.76. The lowest BCUT2D eigenvalue weighted by atomic mass is 10.0. The summed E-state index contributed by atoms with van der Waals surface area (Å²) in [7, 11) is 0. The molecular formula is C14H23NO. The van der Waals surface area contributed by atoms with E-state index in [2.05, 4.69) is 32.0 Å². The monoisotopic (exact) mass is 221 g/mol. The van der Waals surface area contributed by atoms with Crippen molar-refractivity contribution in [1.29, 1.82) is 0 Å². The van der Waals surface area contributed by atoms with Crippen molar-refractivity contribution in [3.63, 3.8) is 0 Å². The zero-order chi connectivity index (χ0) is 12.1. The molecule has 0 aliphatic rings. The van der Waals surface area contributed by atoms with Gasteiger partial charge >= 0.3 is 0 Å². The standard InChI is InChI=1S/C14H23NO/c1-10(2)16-9-14(15)8-13-6-5-11(3)12(4)7-13/h5-7,10,14H,8-9,15H2,1-4H3. The minimum absolute atomic E-state index is 0.0875. The van der Waals surface area contributed by atoms with E-state index in [4.69, 9.17) is 10.5 Å². The number of nitrogens with two attached hydrogens (primary N) is 1. The van der Waals surface area contributed by atoms with Crippen LogP contribution in [0.15, 0.2) is 18.2 Å². The van der Waals surface area contributed by atoms with Crippen molar-refractivity contribution < 1.29 is 4.74 Å². The van der Waals surface area contributed by atoms with Crippen LogP contribution in [0.3, 0.4) is 0 Å². The summed E-state index contributed by atoms with van der Waals surface area (Å²) >= 11 is 0. The van der Waals surface area contributed by atoms with Crippen LogP contribution < -0.4 is 5.73 Å². The van der Waals surface area contributed by atoms with E-state index in [-0.39, 0.29) is 12.1 Å². The molecule has 1 unspecified atom stereocenters. The Morgan fingerprint density at radius 3 is 2.44 bits per heavy atom. The third-order valence-corrected chi connectivity index (χ3v) is 2.71. The molecule has 0 saturated carbocycles. The molecule has 0 aliphatic heterocycles. The van der Waals surface area contributed by atoms with E-state index in [9.17, 15) is 0 Å². The van der Waals surface area contributed by atoms with Crippen molar-refractivity contribution in [2.24, 2.45) is 5.73 Å². The van der Waals surface area contributed by atoms with E-state index in [1.807, 2.05) is 13.8 Å². The molecule has 0 amide bonds. The van der Waals surface area contributed by atoms with Gasteiger partial charge in [-0.2, -0.15) is 0 Å². The van der Waals surface area contributed by atoms with Gasteiger partial charge in [-0.05, 0) is 50.8 Å². The number of rotatable bonds is 5. The quantitative estimate of drug-likeness (QED) is 0.829. The second-order valence-corrected chi connectivity index (χ2v) is 4.76. The van der Waals surface area contributed by atoms with Gasteiger partial charge in [-0.15, -0.1) is 0 Å². The summed E-state index contributed by atoms with van der Waals surface area (Å²) in [5.41, 5.74) is 9.97. The largest absolute Gasteiger partial charge is 0.377 e. The van der Waals surface area contributed by atoms with Crippen LogP contribution in [0.4, 0.5) is 0 Å². The van der Waals surface area contributed by atoms with Crippen LogP contribution in [0.1, 0.15) is 30.5 Å². The first-order valence-corrected chi connectivity index (χ1v) is 5.92. The van der Waals surface area contributed by atoms with E-state index in [0.29, 0.717) is 6.61 Å². The predicted octanol–water partition coefficient (Wildman–Crippen LogP) is 2.60. The van der Waals surface area contributed by atoms with E-state index < -0.39 is 0 Å². The highest BCUT2D eigenvalue weighted by Gasteiger charge is 2.06. The highest BCUT2D eigenvalue weighted by molar-refractivity contribution is 5.30. The van der Waals surface area contributed by atoms with Gasteiger partial charge in [0.05, 0.1) is 12.7 Å². The Morgan fingerprint density at radius 2 is 1.88 bits per heavy atom. The topological polar surface area (TPSA) is 35.2 Å². The molecule has 0 fully saturated rings. The molecule has 2 N–H and O–H groups in total. The van der Waals surface area contributed by atoms with E-state index in [1.165, 1.54) is 16.7 Å². The zero-order valence-electron chi connectivity index (χ0n) is 10.8. The van der Waals surface area contributed by atoms with E-state index in [1.54, 1.807) is 0 Å². The molecule has 16 heavy (non-hydrogen) atoms. The second kappa shape index (κ2) is 6.02. The van der Waals surface area contributed by atoms with Gasteiger partial charge in [-0.25, -0.2) is 0 Å². The van der Waals surface area contributed by atoms with Crippen molar-refractivity contribution in [3.05, 3.63) is 34.9 Å². The van der Waals surface area contributed by atoms with Crippen molar-refractivity contribution >= 4 is 0 Å². The normalized spacial score (nSPS) is 13.1. The predicted molar refractivity (Wildman–Crippen MR) is 68.7 cm³/mol. The molecule has 2 heteroatoms. The molecule has 0 heterocycles. The van der Waals surface area contributed by atoms with Gasteiger partial charge in [0.15, 0.2) is 0 Å². The smallest absolute Gasteiger partial charge is 0.0624 e.